The van der Waals surface area contributed by atoms with E-state index in [4.69, 9.17) is 19.6 Å². The van der Waals surface area contributed by atoms with Gasteiger partial charge in [-0.15, -0.1) is 10.2 Å². The average molecular weight is 536 g/mol. The molecule has 0 aliphatic carbocycles. The largest absolute Gasteiger partial charge is 0.507 e. The van der Waals surface area contributed by atoms with Gasteiger partial charge < -0.3 is 25.2 Å². The molecule has 9 nitrogen and oxygen atoms in total. The van der Waals surface area contributed by atoms with E-state index in [2.05, 4.69) is 61.2 Å². The number of hydrogen-bond acceptors (Lipinski definition) is 8. The summed E-state index contributed by atoms with van der Waals surface area (Å²) in [5.41, 5.74) is 4.52. The van der Waals surface area contributed by atoms with Gasteiger partial charge in [-0.3, -0.25) is 9.78 Å². The van der Waals surface area contributed by atoms with Gasteiger partial charge in [0.05, 0.1) is 11.2 Å². The Morgan fingerprint density at radius 1 is 1.05 bits per heavy atom. The fourth-order valence-corrected chi connectivity index (χ4v) is 6.36. The zero-order chi connectivity index (χ0) is 28.4. The van der Waals surface area contributed by atoms with Gasteiger partial charge in [0.2, 0.25) is 0 Å². The molecule has 210 valence electrons. The summed E-state index contributed by atoms with van der Waals surface area (Å²) in [6, 6.07) is 10.3. The molecule has 2 aromatic heterocycles. The normalized spacial score (nSPS) is 19.2. The number of aromatic nitrogens is 3. The fraction of sp³-hybridized carbons (Fsp3) is 0.533. The summed E-state index contributed by atoms with van der Waals surface area (Å²) in [7, 11) is 2.10. The number of phenolic OH excluding ortho intramolecular Hbond substituents is 1. The Bertz CT molecular complexity index is 1290. The Balaban J connectivity index is 0.00000112. The molecule has 2 aliphatic rings. The minimum absolute atomic E-state index is 0.0550. The zero-order valence-corrected chi connectivity index (χ0v) is 23.9. The van der Waals surface area contributed by atoms with Crippen LogP contribution in [-0.2, 0) is 9.53 Å². The number of piperidine rings is 1. The second-order valence-corrected chi connectivity index (χ2v) is 12.1. The van der Waals surface area contributed by atoms with Gasteiger partial charge in [0.25, 0.3) is 6.47 Å². The summed E-state index contributed by atoms with van der Waals surface area (Å²) in [5.74, 6) is 1.45. The van der Waals surface area contributed by atoms with Gasteiger partial charge >= 0.3 is 0 Å². The molecule has 0 unspecified atom stereocenters. The zero-order valence-electron chi connectivity index (χ0n) is 23.9. The van der Waals surface area contributed by atoms with Crippen LogP contribution in [0, 0.1) is 6.92 Å². The number of benzene rings is 1. The monoisotopic (exact) mass is 535 g/mol. The first-order valence-electron chi connectivity index (χ1n) is 13.6. The predicted molar refractivity (Wildman–Crippen MR) is 153 cm³/mol. The van der Waals surface area contributed by atoms with Crippen LogP contribution in [0.5, 0.6) is 5.75 Å². The maximum absolute atomic E-state index is 10.9. The first-order chi connectivity index (χ1) is 18.4. The molecular formula is C30H41N5O4. The van der Waals surface area contributed by atoms with Gasteiger partial charge in [0.15, 0.2) is 5.82 Å². The van der Waals surface area contributed by atoms with Crippen molar-refractivity contribution in [3.8, 4) is 17.0 Å². The van der Waals surface area contributed by atoms with Crippen molar-refractivity contribution in [3.63, 3.8) is 0 Å². The highest BCUT2D eigenvalue weighted by Gasteiger charge is 2.39. The molecule has 0 radical (unpaired) electrons. The topological polar surface area (TPSA) is 121 Å². The number of phenols is 1. The van der Waals surface area contributed by atoms with Crippen molar-refractivity contribution in [2.45, 2.75) is 83.3 Å². The van der Waals surface area contributed by atoms with Crippen molar-refractivity contribution in [1.82, 2.24) is 20.5 Å². The molecule has 2 aliphatic heterocycles. The number of carboxylic acid groups (broad SMARTS) is 1. The summed E-state index contributed by atoms with van der Waals surface area (Å²) in [6.07, 6.45) is 4.06. The van der Waals surface area contributed by atoms with E-state index in [1.165, 1.54) is 5.56 Å². The minimum atomic E-state index is -0.250. The highest BCUT2D eigenvalue weighted by molar-refractivity contribution is 5.90. The minimum Gasteiger partial charge on any atom is -0.507 e. The molecule has 3 N–H and O–H groups in total. The summed E-state index contributed by atoms with van der Waals surface area (Å²) in [6.45, 7) is 12.4. The van der Waals surface area contributed by atoms with E-state index >= 15 is 0 Å². The molecule has 3 aromatic rings. The van der Waals surface area contributed by atoms with Crippen molar-refractivity contribution in [2.75, 3.05) is 25.2 Å². The molecule has 0 saturated carbocycles. The number of nitrogens with zero attached hydrogens (tertiary/aromatic N) is 4. The lowest BCUT2D eigenvalue weighted by Gasteiger charge is -2.49. The Morgan fingerprint density at radius 3 is 2.28 bits per heavy atom. The first-order valence-corrected chi connectivity index (χ1v) is 13.6. The van der Waals surface area contributed by atoms with Crippen LogP contribution in [0.15, 0.2) is 30.3 Å². The highest BCUT2D eigenvalue weighted by atomic mass is 16.5. The molecule has 0 spiro atoms. The number of aromatic hydroxyl groups is 1. The van der Waals surface area contributed by atoms with E-state index in [0.717, 1.165) is 61.3 Å². The van der Waals surface area contributed by atoms with Crippen molar-refractivity contribution < 1.29 is 19.7 Å². The molecule has 39 heavy (non-hydrogen) atoms. The lowest BCUT2D eigenvalue weighted by atomic mass is 9.79. The molecule has 0 atom stereocenters. The van der Waals surface area contributed by atoms with Crippen LogP contribution < -0.4 is 10.2 Å². The standard InChI is InChI=1S/C29H39N5O2.CH2O2/c1-18-13-21(19-9-11-36-12-10-19)22-14-23(26(35)15-25(22)30-18)24-7-8-27(32-31-24)34(6)20-16-28(2,3)33-29(4,5)17-20;2-1-3/h7-8,13-15,19-20,33,35H,9-12,16-17H2,1-6H3;1H,(H,2,3). The van der Waals surface area contributed by atoms with E-state index in [-0.39, 0.29) is 23.3 Å². The number of hydrogen-bond donors (Lipinski definition) is 3. The Labute approximate surface area is 230 Å². The second-order valence-electron chi connectivity index (χ2n) is 12.1. The van der Waals surface area contributed by atoms with Crippen molar-refractivity contribution in [1.29, 1.82) is 0 Å². The van der Waals surface area contributed by atoms with Gasteiger partial charge in [0, 0.05) is 60.1 Å². The van der Waals surface area contributed by atoms with E-state index in [1.54, 1.807) is 6.07 Å². The van der Waals surface area contributed by atoms with E-state index in [0.29, 0.717) is 23.2 Å². The molecule has 0 amide bonds. The number of fused-ring (bicyclic) bond motifs is 1. The number of carbonyl (C=O) groups is 1. The van der Waals surface area contributed by atoms with Gasteiger partial charge in [-0.2, -0.15) is 0 Å². The third-order valence-corrected chi connectivity index (χ3v) is 7.75. The predicted octanol–water partition coefficient (Wildman–Crippen LogP) is 5.05. The van der Waals surface area contributed by atoms with Gasteiger partial charge in [0.1, 0.15) is 5.75 Å². The molecule has 0 bridgehead atoms. The smallest absolute Gasteiger partial charge is 0.290 e. The highest BCUT2D eigenvalue weighted by Crippen LogP contribution is 2.38. The van der Waals surface area contributed by atoms with E-state index in [1.807, 2.05) is 25.1 Å². The SMILES string of the molecule is Cc1cc(C2CCOCC2)c2cc(-c3ccc(N(C)C4CC(C)(C)NC(C)(C)C4)nn3)c(O)cc2n1.O=CO. The van der Waals surface area contributed by atoms with Crippen molar-refractivity contribution in [2.24, 2.45) is 0 Å². The molecular weight excluding hydrogens is 494 g/mol. The number of aryl methyl sites for hydroxylation is 1. The van der Waals surface area contributed by atoms with Crippen LogP contribution >= 0.6 is 0 Å². The fourth-order valence-electron chi connectivity index (χ4n) is 6.36. The van der Waals surface area contributed by atoms with Gasteiger partial charge in [-0.1, -0.05) is 0 Å². The average Bonchev–Trinajstić information content (AvgIpc) is 2.87. The quantitative estimate of drug-likeness (QED) is 0.394. The summed E-state index contributed by atoms with van der Waals surface area (Å²) >= 11 is 0. The molecule has 5 rings (SSSR count). The van der Waals surface area contributed by atoms with Crippen LogP contribution in [0.1, 0.15) is 70.6 Å². The van der Waals surface area contributed by atoms with Crippen molar-refractivity contribution >= 4 is 23.2 Å². The summed E-state index contributed by atoms with van der Waals surface area (Å²) in [5, 5.41) is 31.8. The number of anilines is 1. The van der Waals surface area contributed by atoms with Crippen LogP contribution in [-0.4, -0.2) is 69.2 Å². The Morgan fingerprint density at radius 2 is 1.69 bits per heavy atom. The van der Waals surface area contributed by atoms with E-state index in [9.17, 15) is 5.11 Å². The molecule has 1 aromatic carbocycles. The number of rotatable bonds is 4. The molecule has 9 heteroatoms. The van der Waals surface area contributed by atoms with Crippen LogP contribution in [0.2, 0.25) is 0 Å². The Kier molecular flexibility index (Phi) is 8.42. The van der Waals surface area contributed by atoms with Crippen LogP contribution in [0.25, 0.3) is 22.2 Å². The first kappa shape index (κ1) is 28.7. The Hall–Kier alpha value is -3.30. The van der Waals surface area contributed by atoms with Crippen LogP contribution in [0.3, 0.4) is 0 Å². The third-order valence-electron chi connectivity index (χ3n) is 7.75. The molecule has 2 saturated heterocycles. The van der Waals surface area contributed by atoms with Gasteiger partial charge in [-0.25, -0.2) is 0 Å². The van der Waals surface area contributed by atoms with Gasteiger partial charge in [-0.05, 0) is 96.0 Å². The summed E-state index contributed by atoms with van der Waals surface area (Å²) < 4.78 is 5.59. The molecule has 4 heterocycles. The number of pyridine rings is 1. The lowest BCUT2D eigenvalue weighted by Crippen LogP contribution is -2.62. The molecule has 2 fully saturated rings. The lowest BCUT2D eigenvalue weighted by molar-refractivity contribution is -0.122. The number of nitrogens with one attached hydrogen (secondary N) is 1. The number of ether oxygens (including phenoxy) is 1. The van der Waals surface area contributed by atoms with Crippen LogP contribution in [0.4, 0.5) is 5.82 Å². The van der Waals surface area contributed by atoms with E-state index < -0.39 is 0 Å². The second kappa shape index (κ2) is 11.4. The van der Waals surface area contributed by atoms with Crippen molar-refractivity contribution in [3.05, 3.63) is 41.6 Å². The summed E-state index contributed by atoms with van der Waals surface area (Å²) in [4.78, 5) is 15.3. The maximum atomic E-state index is 10.9. The maximum Gasteiger partial charge on any atom is 0.290 e. The third kappa shape index (κ3) is 6.65.